The number of aryl methyl sites for hydroxylation is 1. The second-order valence-corrected chi connectivity index (χ2v) is 12.2. The minimum atomic E-state index is -3.80. The molecule has 1 aliphatic heterocycles. The normalized spacial score (nSPS) is 13.3. The lowest BCUT2D eigenvalue weighted by Gasteiger charge is -2.30. The van der Waals surface area contributed by atoms with Crippen LogP contribution in [0.3, 0.4) is 0 Å². The van der Waals surface area contributed by atoms with Gasteiger partial charge in [-0.1, -0.05) is 65.9 Å². The first kappa shape index (κ1) is 25.2. The molecule has 0 bridgehead atoms. The highest BCUT2D eigenvalue weighted by Crippen LogP contribution is 2.34. The van der Waals surface area contributed by atoms with Gasteiger partial charge in [0.05, 0.1) is 21.8 Å². The summed E-state index contributed by atoms with van der Waals surface area (Å²) in [5.41, 5.74) is 3.10. The van der Waals surface area contributed by atoms with E-state index in [-0.39, 0.29) is 22.9 Å². The molecule has 5 aromatic rings. The van der Waals surface area contributed by atoms with Crippen LogP contribution in [0.15, 0.2) is 102 Å². The van der Waals surface area contributed by atoms with Crippen molar-refractivity contribution in [3.05, 3.63) is 120 Å². The summed E-state index contributed by atoms with van der Waals surface area (Å²) in [6, 6.07) is 27.7. The topological polar surface area (TPSA) is 70.6 Å². The van der Waals surface area contributed by atoms with E-state index in [1.807, 2.05) is 54.6 Å². The van der Waals surface area contributed by atoms with Crippen LogP contribution in [0, 0.1) is 5.82 Å². The maximum absolute atomic E-state index is 14.4. The quantitative estimate of drug-likeness (QED) is 0.241. The molecule has 196 valence electrons. The highest BCUT2D eigenvalue weighted by atomic mass is 32.2. The first-order valence-corrected chi connectivity index (χ1v) is 14.8. The van der Waals surface area contributed by atoms with Crippen LogP contribution in [0.5, 0.6) is 0 Å². The Balaban J connectivity index is 1.33. The Labute approximate surface area is 230 Å². The Kier molecular flexibility index (Phi) is 6.62. The molecule has 0 spiro atoms. The van der Waals surface area contributed by atoms with Crippen molar-refractivity contribution in [3.63, 3.8) is 0 Å². The van der Waals surface area contributed by atoms with Gasteiger partial charge < -0.3 is 0 Å². The molecule has 0 N–H and O–H groups in total. The molecule has 1 amide bonds. The molecule has 1 aliphatic rings. The molecular formula is C30H24FN3O3S2. The monoisotopic (exact) mass is 557 g/mol. The molecule has 0 radical (unpaired) electrons. The van der Waals surface area contributed by atoms with Crippen LogP contribution >= 0.6 is 11.3 Å². The van der Waals surface area contributed by atoms with E-state index in [0.717, 1.165) is 24.0 Å². The van der Waals surface area contributed by atoms with Crippen LogP contribution in [0.1, 0.15) is 27.9 Å². The number of nitrogens with zero attached hydrogens (tertiary/aromatic N) is 3. The lowest BCUT2D eigenvalue weighted by Crippen LogP contribution is -2.35. The average molecular weight is 558 g/mol. The number of sulfonamides is 1. The van der Waals surface area contributed by atoms with Crippen molar-refractivity contribution in [3.8, 4) is 0 Å². The molecule has 0 saturated carbocycles. The number of benzene rings is 4. The first-order valence-electron chi connectivity index (χ1n) is 12.5. The molecule has 0 atom stereocenters. The van der Waals surface area contributed by atoms with Crippen LogP contribution in [0.2, 0.25) is 0 Å². The average Bonchev–Trinajstić information content (AvgIpc) is 3.41. The lowest BCUT2D eigenvalue weighted by atomic mass is 10.0. The molecule has 2 heterocycles. The molecule has 39 heavy (non-hydrogen) atoms. The fourth-order valence-corrected chi connectivity index (χ4v) is 7.33. The molecular weight excluding hydrogens is 533 g/mol. The van der Waals surface area contributed by atoms with Crippen LogP contribution < -0.4 is 9.21 Å². The number of fused-ring (bicyclic) bond motifs is 2. The summed E-state index contributed by atoms with van der Waals surface area (Å²) in [6.07, 6.45) is 1.58. The summed E-state index contributed by atoms with van der Waals surface area (Å²) in [5.74, 6) is -0.804. The lowest BCUT2D eigenvalue weighted by molar-refractivity contribution is 0.0985. The van der Waals surface area contributed by atoms with Gasteiger partial charge >= 0.3 is 0 Å². The van der Waals surface area contributed by atoms with Crippen molar-refractivity contribution in [1.29, 1.82) is 0 Å². The second-order valence-electron chi connectivity index (χ2n) is 9.29. The number of amides is 1. The van der Waals surface area contributed by atoms with Gasteiger partial charge in [-0.3, -0.25) is 14.0 Å². The van der Waals surface area contributed by atoms with Gasteiger partial charge in [-0.15, -0.1) is 0 Å². The van der Waals surface area contributed by atoms with E-state index in [4.69, 9.17) is 0 Å². The zero-order valence-electron chi connectivity index (χ0n) is 20.8. The van der Waals surface area contributed by atoms with Gasteiger partial charge in [-0.25, -0.2) is 17.8 Å². The second kappa shape index (κ2) is 10.2. The van der Waals surface area contributed by atoms with E-state index in [1.54, 1.807) is 12.1 Å². The summed E-state index contributed by atoms with van der Waals surface area (Å²) in [6.45, 7) is 0.630. The minimum Gasteiger partial charge on any atom is -0.279 e. The van der Waals surface area contributed by atoms with Crippen LogP contribution in [0.4, 0.5) is 15.2 Å². The van der Waals surface area contributed by atoms with Crippen molar-refractivity contribution in [2.45, 2.75) is 24.3 Å². The molecule has 6 rings (SSSR count). The van der Waals surface area contributed by atoms with Crippen molar-refractivity contribution < 1.29 is 17.6 Å². The van der Waals surface area contributed by atoms with Crippen LogP contribution in [0.25, 0.3) is 10.2 Å². The Morgan fingerprint density at radius 2 is 1.67 bits per heavy atom. The number of hydrogen-bond acceptors (Lipinski definition) is 5. The van der Waals surface area contributed by atoms with E-state index in [9.17, 15) is 17.6 Å². The predicted octanol–water partition coefficient (Wildman–Crippen LogP) is 6.42. The van der Waals surface area contributed by atoms with Crippen molar-refractivity contribution >= 4 is 48.3 Å². The van der Waals surface area contributed by atoms with Crippen LogP contribution in [-0.4, -0.2) is 25.9 Å². The molecule has 6 nitrogen and oxygen atoms in total. The number of rotatable bonds is 6. The third kappa shape index (κ3) is 4.79. The first-order chi connectivity index (χ1) is 18.9. The standard InChI is InChI=1S/C30H24FN3O3S2/c31-25-12-6-14-27-28(25)32-30(38-27)33(20-21-8-2-1-3-9-21)29(35)23-15-17-24(18-16-23)39(36,37)34-19-7-11-22-10-4-5-13-26(22)34/h1-6,8-10,12-18H,7,11,19-20H2. The van der Waals surface area contributed by atoms with E-state index in [1.165, 1.54) is 50.9 Å². The third-order valence-corrected chi connectivity index (χ3v) is 9.65. The summed E-state index contributed by atoms with van der Waals surface area (Å²) >= 11 is 1.23. The molecule has 4 aromatic carbocycles. The molecule has 0 saturated heterocycles. The number of aromatic nitrogens is 1. The van der Waals surface area contributed by atoms with Crippen molar-refractivity contribution in [2.24, 2.45) is 0 Å². The smallest absolute Gasteiger partial charge is 0.264 e. The number of thiazole rings is 1. The molecule has 0 fully saturated rings. The Bertz CT molecular complexity index is 1770. The maximum atomic E-state index is 14.4. The van der Waals surface area contributed by atoms with Gasteiger partial charge in [0.1, 0.15) is 11.3 Å². The highest BCUT2D eigenvalue weighted by Gasteiger charge is 2.29. The largest absolute Gasteiger partial charge is 0.279 e. The Morgan fingerprint density at radius 3 is 2.44 bits per heavy atom. The predicted molar refractivity (Wildman–Crippen MR) is 152 cm³/mol. The zero-order chi connectivity index (χ0) is 27.0. The molecule has 0 aliphatic carbocycles. The van der Waals surface area contributed by atoms with Crippen molar-refractivity contribution in [1.82, 2.24) is 4.98 Å². The molecule has 0 unspecified atom stereocenters. The molecule has 1 aromatic heterocycles. The number of halogens is 1. The number of para-hydroxylation sites is 2. The summed E-state index contributed by atoms with van der Waals surface area (Å²) in [7, 11) is -3.80. The maximum Gasteiger partial charge on any atom is 0.264 e. The third-order valence-electron chi connectivity index (χ3n) is 6.77. The summed E-state index contributed by atoms with van der Waals surface area (Å²) < 4.78 is 43.6. The Morgan fingerprint density at radius 1 is 0.923 bits per heavy atom. The van der Waals surface area contributed by atoms with Gasteiger partial charge in [-0.05, 0) is 66.4 Å². The van der Waals surface area contributed by atoms with E-state index in [0.29, 0.717) is 27.6 Å². The molecule has 9 heteroatoms. The van der Waals surface area contributed by atoms with Crippen molar-refractivity contribution in [2.75, 3.05) is 15.7 Å². The van der Waals surface area contributed by atoms with Gasteiger partial charge in [0, 0.05) is 12.1 Å². The van der Waals surface area contributed by atoms with Crippen LogP contribution in [-0.2, 0) is 23.0 Å². The summed E-state index contributed by atoms with van der Waals surface area (Å²) in [4.78, 5) is 19.8. The van der Waals surface area contributed by atoms with Gasteiger partial charge in [0.2, 0.25) is 0 Å². The van der Waals surface area contributed by atoms with Gasteiger partial charge in [0.15, 0.2) is 5.13 Å². The van der Waals surface area contributed by atoms with Gasteiger partial charge in [0.25, 0.3) is 15.9 Å². The minimum absolute atomic E-state index is 0.118. The number of carbonyl (C=O) groups excluding carboxylic acids is 1. The van der Waals surface area contributed by atoms with E-state index in [2.05, 4.69) is 4.98 Å². The number of anilines is 2. The van der Waals surface area contributed by atoms with Gasteiger partial charge in [-0.2, -0.15) is 0 Å². The Hall–Kier alpha value is -4.08. The number of hydrogen-bond donors (Lipinski definition) is 0. The highest BCUT2D eigenvalue weighted by molar-refractivity contribution is 7.92. The fraction of sp³-hybridized carbons (Fsp3) is 0.133. The summed E-state index contributed by atoms with van der Waals surface area (Å²) in [5, 5.41) is 0.366. The zero-order valence-corrected chi connectivity index (χ0v) is 22.5. The fourth-order valence-electron chi connectivity index (χ4n) is 4.81. The SMILES string of the molecule is O=C(c1ccc(S(=O)(=O)N2CCCc3ccccc32)cc1)N(Cc1ccccc1)c1nc2c(F)cccc2s1. The van der Waals surface area contributed by atoms with E-state index < -0.39 is 15.8 Å². The van der Waals surface area contributed by atoms with E-state index >= 15 is 0 Å². The number of carbonyl (C=O) groups is 1.